The van der Waals surface area contributed by atoms with Crippen molar-refractivity contribution < 1.29 is 18.7 Å². The van der Waals surface area contributed by atoms with Crippen molar-refractivity contribution in [2.24, 2.45) is 0 Å². The predicted octanol–water partition coefficient (Wildman–Crippen LogP) is 3.46. The van der Waals surface area contributed by atoms with Crippen LogP contribution in [0.5, 0.6) is 0 Å². The molecular weight excluding hydrogens is 301 g/mol. The number of carboxylic acid groups (broad SMARTS) is 1. The summed E-state index contributed by atoms with van der Waals surface area (Å²) in [5, 5.41) is 8.52. The summed E-state index contributed by atoms with van der Waals surface area (Å²) in [7, 11) is 0. The quantitative estimate of drug-likeness (QED) is 0.924. The minimum absolute atomic E-state index is 0.0947. The van der Waals surface area contributed by atoms with Crippen LogP contribution in [0.1, 0.15) is 16.2 Å². The number of nitrogens with zero attached hydrogens (tertiary/aromatic N) is 2. The van der Waals surface area contributed by atoms with E-state index in [-0.39, 0.29) is 27.4 Å². The Morgan fingerprint density at radius 1 is 1.37 bits per heavy atom. The minimum Gasteiger partial charge on any atom is -0.477 e. The third-order valence-corrected chi connectivity index (χ3v) is 2.96. The van der Waals surface area contributed by atoms with Gasteiger partial charge in [-0.25, -0.2) is 18.6 Å². The van der Waals surface area contributed by atoms with E-state index >= 15 is 0 Å². The van der Waals surface area contributed by atoms with Crippen molar-refractivity contribution in [1.82, 2.24) is 9.55 Å². The third kappa shape index (κ3) is 2.29. The van der Waals surface area contributed by atoms with Gasteiger partial charge in [-0.1, -0.05) is 11.6 Å². The summed E-state index contributed by atoms with van der Waals surface area (Å²) >= 11 is 11.5. The van der Waals surface area contributed by atoms with E-state index in [1.54, 1.807) is 0 Å². The number of imidazole rings is 1. The van der Waals surface area contributed by atoms with Gasteiger partial charge < -0.3 is 5.11 Å². The van der Waals surface area contributed by atoms with Crippen LogP contribution in [0.15, 0.2) is 12.1 Å². The van der Waals surface area contributed by atoms with E-state index in [1.807, 2.05) is 0 Å². The van der Waals surface area contributed by atoms with Gasteiger partial charge >= 0.3 is 5.97 Å². The van der Waals surface area contributed by atoms with Crippen molar-refractivity contribution >= 4 is 29.2 Å². The average Bonchev–Trinajstić information content (AvgIpc) is 2.52. The van der Waals surface area contributed by atoms with Crippen LogP contribution in [0.3, 0.4) is 0 Å². The largest absolute Gasteiger partial charge is 0.477 e. The van der Waals surface area contributed by atoms with Crippen LogP contribution < -0.4 is 0 Å². The molecule has 0 bridgehead atoms. The zero-order chi connectivity index (χ0) is 14.3. The molecule has 0 spiro atoms. The Bertz CT molecular complexity index is 663. The standard InChI is InChI=1S/C11H6Cl2F2N2O2/c1-4-8(10(18)19)17(11(13)16-4)9-6(12)2-5(14)3-7(9)15/h2-3H,1H3,(H,18,19). The van der Waals surface area contributed by atoms with Gasteiger partial charge in [0, 0.05) is 6.07 Å². The van der Waals surface area contributed by atoms with Gasteiger partial charge in [0.1, 0.15) is 11.5 Å². The Morgan fingerprint density at radius 3 is 2.53 bits per heavy atom. The molecule has 2 aromatic rings. The zero-order valence-electron chi connectivity index (χ0n) is 9.42. The molecule has 8 heteroatoms. The van der Waals surface area contributed by atoms with Gasteiger partial charge in [-0.15, -0.1) is 0 Å². The van der Waals surface area contributed by atoms with Gasteiger partial charge in [0.25, 0.3) is 0 Å². The number of carboxylic acids is 1. The van der Waals surface area contributed by atoms with Crippen molar-refractivity contribution in [1.29, 1.82) is 0 Å². The molecule has 1 aromatic carbocycles. The predicted molar refractivity (Wildman–Crippen MR) is 65.2 cm³/mol. The minimum atomic E-state index is -1.35. The van der Waals surface area contributed by atoms with Crippen LogP contribution in [-0.4, -0.2) is 20.6 Å². The van der Waals surface area contributed by atoms with Gasteiger partial charge in [-0.2, -0.15) is 0 Å². The summed E-state index contributed by atoms with van der Waals surface area (Å²) in [5.74, 6) is -3.26. The average molecular weight is 307 g/mol. The topological polar surface area (TPSA) is 55.1 Å². The number of carbonyl (C=O) groups is 1. The van der Waals surface area contributed by atoms with Crippen LogP contribution in [0.4, 0.5) is 8.78 Å². The molecular formula is C11H6Cl2F2N2O2. The number of aryl methyl sites for hydroxylation is 1. The molecule has 0 aliphatic carbocycles. The zero-order valence-corrected chi connectivity index (χ0v) is 10.9. The summed E-state index contributed by atoms with van der Waals surface area (Å²) in [4.78, 5) is 14.9. The Hall–Kier alpha value is -1.66. The smallest absolute Gasteiger partial charge is 0.354 e. The van der Waals surface area contributed by atoms with E-state index in [2.05, 4.69) is 4.98 Å². The molecule has 0 aliphatic rings. The number of aromatic carboxylic acids is 1. The van der Waals surface area contributed by atoms with Crippen molar-refractivity contribution in [2.45, 2.75) is 6.92 Å². The lowest BCUT2D eigenvalue weighted by Gasteiger charge is -2.10. The summed E-state index contributed by atoms with van der Waals surface area (Å²) in [6, 6.07) is 1.44. The van der Waals surface area contributed by atoms with Crippen molar-refractivity contribution in [3.8, 4) is 5.69 Å². The van der Waals surface area contributed by atoms with Crippen molar-refractivity contribution in [3.05, 3.63) is 45.5 Å². The first-order chi connectivity index (χ1) is 8.82. The highest BCUT2D eigenvalue weighted by molar-refractivity contribution is 6.33. The molecule has 0 saturated carbocycles. The monoisotopic (exact) mass is 306 g/mol. The van der Waals surface area contributed by atoms with E-state index < -0.39 is 17.6 Å². The Morgan fingerprint density at radius 2 is 2.00 bits per heavy atom. The van der Waals surface area contributed by atoms with E-state index in [0.29, 0.717) is 6.07 Å². The molecule has 4 nitrogen and oxygen atoms in total. The van der Waals surface area contributed by atoms with Gasteiger partial charge in [-0.3, -0.25) is 4.57 Å². The molecule has 19 heavy (non-hydrogen) atoms. The number of halogens is 4. The summed E-state index contributed by atoms with van der Waals surface area (Å²) < 4.78 is 27.6. The first kappa shape index (κ1) is 13.8. The van der Waals surface area contributed by atoms with Gasteiger partial charge in [0.15, 0.2) is 11.5 Å². The molecule has 0 radical (unpaired) electrons. The molecule has 0 amide bonds. The maximum atomic E-state index is 13.8. The van der Waals surface area contributed by atoms with Crippen molar-refractivity contribution in [2.75, 3.05) is 0 Å². The summed E-state index contributed by atoms with van der Waals surface area (Å²) in [6.07, 6.45) is 0. The molecule has 0 aliphatic heterocycles. The van der Waals surface area contributed by atoms with Crippen LogP contribution in [0.25, 0.3) is 5.69 Å². The van der Waals surface area contributed by atoms with Crippen LogP contribution in [0, 0.1) is 18.6 Å². The molecule has 2 rings (SSSR count). The lowest BCUT2D eigenvalue weighted by molar-refractivity contribution is 0.0687. The second kappa shape index (κ2) is 4.79. The maximum Gasteiger partial charge on any atom is 0.354 e. The first-order valence-electron chi connectivity index (χ1n) is 4.96. The van der Waals surface area contributed by atoms with Crippen molar-refractivity contribution in [3.63, 3.8) is 0 Å². The Balaban J connectivity index is 2.83. The fourth-order valence-electron chi connectivity index (χ4n) is 1.70. The molecule has 0 fully saturated rings. The van der Waals surface area contributed by atoms with E-state index in [0.717, 1.165) is 10.6 Å². The van der Waals surface area contributed by atoms with E-state index in [9.17, 15) is 13.6 Å². The number of benzene rings is 1. The van der Waals surface area contributed by atoms with Crippen LogP contribution in [-0.2, 0) is 0 Å². The third-order valence-electron chi connectivity index (χ3n) is 2.42. The van der Waals surface area contributed by atoms with Crippen LogP contribution in [0.2, 0.25) is 10.3 Å². The van der Waals surface area contributed by atoms with Crippen LogP contribution >= 0.6 is 23.2 Å². The molecule has 0 saturated heterocycles. The first-order valence-corrected chi connectivity index (χ1v) is 5.71. The normalized spacial score (nSPS) is 10.8. The lowest BCUT2D eigenvalue weighted by Crippen LogP contribution is -2.10. The fourth-order valence-corrected chi connectivity index (χ4v) is 2.27. The fraction of sp³-hybridized carbons (Fsp3) is 0.0909. The maximum absolute atomic E-state index is 13.8. The number of rotatable bonds is 2. The molecule has 0 unspecified atom stereocenters. The Labute approximate surface area is 116 Å². The second-order valence-corrected chi connectivity index (χ2v) is 4.42. The molecule has 1 aromatic heterocycles. The molecule has 1 heterocycles. The van der Waals surface area contributed by atoms with Gasteiger partial charge in [0.05, 0.1) is 10.7 Å². The highest BCUT2D eigenvalue weighted by Crippen LogP contribution is 2.30. The number of hydrogen-bond donors (Lipinski definition) is 1. The van der Waals surface area contributed by atoms with Gasteiger partial charge in [0.2, 0.25) is 5.28 Å². The summed E-state index contributed by atoms with van der Waals surface area (Å²) in [6.45, 7) is 1.40. The van der Waals surface area contributed by atoms with E-state index in [4.69, 9.17) is 28.3 Å². The second-order valence-electron chi connectivity index (χ2n) is 3.67. The molecule has 0 atom stereocenters. The molecule has 1 N–H and O–H groups in total. The summed E-state index contributed by atoms with van der Waals surface area (Å²) in [5.41, 5.74) is -0.597. The van der Waals surface area contributed by atoms with E-state index in [1.165, 1.54) is 6.92 Å². The Kier molecular flexibility index (Phi) is 3.47. The van der Waals surface area contributed by atoms with Gasteiger partial charge in [-0.05, 0) is 24.6 Å². The lowest BCUT2D eigenvalue weighted by atomic mass is 10.2. The number of hydrogen-bond acceptors (Lipinski definition) is 2. The highest BCUT2D eigenvalue weighted by Gasteiger charge is 2.24. The number of aromatic nitrogens is 2. The SMILES string of the molecule is Cc1nc(Cl)n(-c2c(F)cc(F)cc2Cl)c1C(=O)O. The highest BCUT2D eigenvalue weighted by atomic mass is 35.5. The molecule has 100 valence electrons.